The molecule has 0 aromatic heterocycles. The maximum Gasteiger partial charge on any atom is 0.311 e. The first-order valence-corrected chi connectivity index (χ1v) is 5.40. The molecule has 0 amide bonds. The minimum Gasteiger partial charge on any atom is -0.469 e. The predicted octanol–water partition coefficient (Wildman–Crippen LogP) is 1.78. The Bertz CT molecular complexity index is 314. The van der Waals surface area contributed by atoms with E-state index < -0.39 is 17.6 Å². The maximum atomic E-state index is 11.8. The molecule has 0 radical (unpaired) electrons. The predicted molar refractivity (Wildman–Crippen MR) is 57.5 cm³/mol. The Labute approximate surface area is 94.2 Å². The van der Waals surface area contributed by atoms with E-state index in [0.717, 1.165) is 6.42 Å². The smallest absolute Gasteiger partial charge is 0.311 e. The Morgan fingerprint density at radius 2 is 2.38 bits per heavy atom. The van der Waals surface area contributed by atoms with Crippen LogP contribution in [-0.4, -0.2) is 30.3 Å². The number of ether oxygens (including phenoxy) is 1. The SMILES string of the molecule is CCC[C@@]1(C(=O)OC)C[C@@H](O)[C@@H](N=[N+]=[N-])C1. The van der Waals surface area contributed by atoms with Crippen molar-refractivity contribution in [2.24, 2.45) is 10.5 Å². The molecular formula is C10H17N3O3. The van der Waals surface area contributed by atoms with E-state index in [0.29, 0.717) is 19.3 Å². The fourth-order valence-electron chi connectivity index (χ4n) is 2.51. The Kier molecular flexibility index (Phi) is 4.15. The van der Waals surface area contributed by atoms with E-state index in [1.807, 2.05) is 6.92 Å². The summed E-state index contributed by atoms with van der Waals surface area (Å²) in [6.45, 7) is 1.97. The maximum absolute atomic E-state index is 11.8. The molecule has 0 saturated heterocycles. The van der Waals surface area contributed by atoms with Gasteiger partial charge in [-0.05, 0) is 24.8 Å². The zero-order chi connectivity index (χ0) is 12.2. The standard InChI is InChI=1S/C10H17N3O3/c1-3-4-10(9(15)16-2)5-7(12-13-11)8(14)6-10/h7-8,14H,3-6H2,1-2H3/t7-,8+,10-/m0/s1. The zero-order valence-electron chi connectivity index (χ0n) is 9.59. The first-order valence-electron chi connectivity index (χ1n) is 5.40. The van der Waals surface area contributed by atoms with Gasteiger partial charge in [0.05, 0.1) is 24.7 Å². The van der Waals surface area contributed by atoms with E-state index in [1.165, 1.54) is 7.11 Å². The number of hydrogen-bond donors (Lipinski definition) is 1. The second-order valence-corrected chi connectivity index (χ2v) is 4.27. The Hall–Kier alpha value is -1.26. The van der Waals surface area contributed by atoms with Crippen LogP contribution in [0.5, 0.6) is 0 Å². The summed E-state index contributed by atoms with van der Waals surface area (Å²) in [5, 5.41) is 13.3. The number of methoxy groups -OCH3 is 1. The molecule has 1 saturated carbocycles. The lowest BCUT2D eigenvalue weighted by Crippen LogP contribution is -2.30. The lowest BCUT2D eigenvalue weighted by molar-refractivity contribution is -0.153. The Balaban J connectivity index is 2.89. The average Bonchev–Trinajstić information content (AvgIpc) is 2.57. The number of carbonyl (C=O) groups excluding carboxylic acids is 1. The third-order valence-corrected chi connectivity index (χ3v) is 3.19. The lowest BCUT2D eigenvalue weighted by Gasteiger charge is -2.25. The van der Waals surface area contributed by atoms with Crippen molar-refractivity contribution in [1.82, 2.24) is 0 Å². The molecule has 90 valence electrons. The number of hydrogen-bond acceptors (Lipinski definition) is 4. The third kappa shape index (κ3) is 2.28. The molecule has 1 fully saturated rings. The van der Waals surface area contributed by atoms with E-state index in [1.54, 1.807) is 0 Å². The molecule has 16 heavy (non-hydrogen) atoms. The van der Waals surface area contributed by atoms with Crippen molar-refractivity contribution < 1.29 is 14.6 Å². The molecule has 0 heterocycles. The fourth-order valence-corrected chi connectivity index (χ4v) is 2.51. The van der Waals surface area contributed by atoms with Crippen molar-refractivity contribution in [3.63, 3.8) is 0 Å². The first kappa shape index (κ1) is 12.8. The summed E-state index contributed by atoms with van der Waals surface area (Å²) in [5.74, 6) is -0.316. The van der Waals surface area contributed by atoms with Crippen molar-refractivity contribution in [1.29, 1.82) is 0 Å². The van der Waals surface area contributed by atoms with Crippen LogP contribution in [0.1, 0.15) is 32.6 Å². The highest BCUT2D eigenvalue weighted by atomic mass is 16.5. The number of aliphatic hydroxyl groups is 1. The Morgan fingerprint density at radius 1 is 1.69 bits per heavy atom. The van der Waals surface area contributed by atoms with Crippen LogP contribution in [-0.2, 0) is 9.53 Å². The Morgan fingerprint density at radius 3 is 2.88 bits per heavy atom. The van der Waals surface area contributed by atoms with Gasteiger partial charge in [-0.3, -0.25) is 4.79 Å². The second kappa shape index (κ2) is 5.18. The van der Waals surface area contributed by atoms with Gasteiger partial charge < -0.3 is 9.84 Å². The van der Waals surface area contributed by atoms with Crippen LogP contribution in [0, 0.1) is 5.41 Å². The summed E-state index contributed by atoms with van der Waals surface area (Å²) in [7, 11) is 1.34. The van der Waals surface area contributed by atoms with Gasteiger partial charge >= 0.3 is 5.97 Å². The number of esters is 1. The van der Waals surface area contributed by atoms with Crippen LogP contribution >= 0.6 is 0 Å². The van der Waals surface area contributed by atoms with Crippen molar-refractivity contribution in [2.45, 2.75) is 44.8 Å². The summed E-state index contributed by atoms with van der Waals surface area (Å²) < 4.78 is 4.78. The minimum absolute atomic E-state index is 0.316. The molecule has 6 nitrogen and oxygen atoms in total. The number of azide groups is 1. The van der Waals surface area contributed by atoms with Crippen molar-refractivity contribution in [2.75, 3.05) is 7.11 Å². The highest BCUT2D eigenvalue weighted by Gasteiger charge is 2.49. The van der Waals surface area contributed by atoms with E-state index in [2.05, 4.69) is 10.0 Å². The molecule has 0 aliphatic heterocycles. The van der Waals surface area contributed by atoms with Crippen LogP contribution in [0.25, 0.3) is 10.4 Å². The normalized spacial score (nSPS) is 33.2. The van der Waals surface area contributed by atoms with Gasteiger partial charge in [0.15, 0.2) is 0 Å². The molecule has 0 aromatic carbocycles. The summed E-state index contributed by atoms with van der Waals surface area (Å²) in [4.78, 5) is 14.4. The van der Waals surface area contributed by atoms with E-state index in [9.17, 15) is 9.90 Å². The van der Waals surface area contributed by atoms with Gasteiger partial charge in [-0.25, -0.2) is 0 Å². The molecule has 1 aliphatic carbocycles. The van der Waals surface area contributed by atoms with Gasteiger partial charge in [0.1, 0.15) is 0 Å². The molecule has 6 heteroatoms. The topological polar surface area (TPSA) is 95.3 Å². The average molecular weight is 227 g/mol. The molecule has 3 atom stereocenters. The summed E-state index contributed by atoms with van der Waals surface area (Å²) >= 11 is 0. The number of carbonyl (C=O) groups is 1. The van der Waals surface area contributed by atoms with Gasteiger partial charge in [0.25, 0.3) is 0 Å². The van der Waals surface area contributed by atoms with Crippen LogP contribution < -0.4 is 0 Å². The minimum atomic E-state index is -0.749. The molecular weight excluding hydrogens is 210 g/mol. The van der Waals surface area contributed by atoms with E-state index in [4.69, 9.17) is 10.3 Å². The zero-order valence-corrected chi connectivity index (χ0v) is 9.59. The van der Waals surface area contributed by atoms with Crippen LogP contribution in [0.4, 0.5) is 0 Å². The van der Waals surface area contributed by atoms with Gasteiger partial charge in [-0.2, -0.15) is 0 Å². The highest BCUT2D eigenvalue weighted by molar-refractivity contribution is 5.77. The quantitative estimate of drug-likeness (QED) is 0.343. The molecule has 0 unspecified atom stereocenters. The molecule has 1 N–H and O–H groups in total. The second-order valence-electron chi connectivity index (χ2n) is 4.27. The summed E-state index contributed by atoms with van der Waals surface area (Å²) in [6.07, 6.45) is 1.41. The summed E-state index contributed by atoms with van der Waals surface area (Å²) in [6, 6.07) is -0.518. The largest absolute Gasteiger partial charge is 0.469 e. The number of rotatable bonds is 4. The molecule has 0 spiro atoms. The van der Waals surface area contributed by atoms with Gasteiger partial charge in [0, 0.05) is 4.91 Å². The van der Waals surface area contributed by atoms with Gasteiger partial charge in [-0.1, -0.05) is 18.5 Å². The van der Waals surface area contributed by atoms with E-state index >= 15 is 0 Å². The van der Waals surface area contributed by atoms with Crippen LogP contribution in [0.15, 0.2) is 5.11 Å². The fraction of sp³-hybridized carbons (Fsp3) is 0.900. The first-order chi connectivity index (χ1) is 7.59. The lowest BCUT2D eigenvalue weighted by atomic mass is 9.81. The number of aliphatic hydroxyl groups excluding tert-OH is 1. The van der Waals surface area contributed by atoms with Crippen molar-refractivity contribution >= 4 is 5.97 Å². The van der Waals surface area contributed by atoms with Crippen LogP contribution in [0.3, 0.4) is 0 Å². The van der Waals surface area contributed by atoms with Gasteiger partial charge in [-0.15, -0.1) is 0 Å². The van der Waals surface area contributed by atoms with Gasteiger partial charge in [0.2, 0.25) is 0 Å². The van der Waals surface area contributed by atoms with E-state index in [-0.39, 0.29) is 5.97 Å². The molecule has 1 aliphatic rings. The third-order valence-electron chi connectivity index (χ3n) is 3.19. The summed E-state index contributed by atoms with van der Waals surface area (Å²) in [5.41, 5.74) is 7.69. The number of nitrogens with zero attached hydrogens (tertiary/aromatic N) is 3. The molecule has 0 bridgehead atoms. The monoisotopic (exact) mass is 227 g/mol. The van der Waals surface area contributed by atoms with Crippen LogP contribution in [0.2, 0.25) is 0 Å². The van der Waals surface area contributed by atoms with Crippen molar-refractivity contribution in [3.05, 3.63) is 10.4 Å². The highest BCUT2D eigenvalue weighted by Crippen LogP contribution is 2.44. The molecule has 1 rings (SSSR count). The molecule has 0 aromatic rings. The van der Waals surface area contributed by atoms with Crippen molar-refractivity contribution in [3.8, 4) is 0 Å².